The number of aromatic nitrogens is 6. The molecule has 0 bridgehead atoms. The summed E-state index contributed by atoms with van der Waals surface area (Å²) in [6, 6.07) is 23.9. The Labute approximate surface area is 414 Å². The summed E-state index contributed by atoms with van der Waals surface area (Å²) in [7, 11) is 4.48. The number of fused-ring (bicyclic) bond motifs is 2. The van der Waals surface area contributed by atoms with Crippen molar-refractivity contribution in [3.63, 3.8) is 0 Å². The summed E-state index contributed by atoms with van der Waals surface area (Å²) in [5.41, 5.74) is 17.7. The summed E-state index contributed by atoms with van der Waals surface area (Å²) in [6.45, 7) is 7.79. The van der Waals surface area contributed by atoms with Crippen LogP contribution in [0.15, 0.2) is 91.1 Å². The summed E-state index contributed by atoms with van der Waals surface area (Å²) < 4.78 is 26.4. The lowest BCUT2D eigenvalue weighted by atomic mass is 9.93. The number of aromatic hydroxyl groups is 3. The normalized spacial score (nSPS) is 13.0. The van der Waals surface area contributed by atoms with E-state index in [4.69, 9.17) is 30.4 Å². The van der Waals surface area contributed by atoms with Crippen molar-refractivity contribution in [1.82, 2.24) is 34.2 Å². The Kier molecular flexibility index (Phi) is 13.4. The fourth-order valence-electron chi connectivity index (χ4n) is 9.51. The molecule has 2 amide bonds. The zero-order chi connectivity index (χ0) is 51.0. The lowest BCUT2D eigenvalue weighted by molar-refractivity contribution is 0.0685. The number of anilines is 3. The number of hydrogen-bond donors (Lipinski definition) is 5. The van der Waals surface area contributed by atoms with Gasteiger partial charge in [0.1, 0.15) is 23.1 Å². The van der Waals surface area contributed by atoms with E-state index in [0.717, 1.165) is 47.8 Å². The number of nitrogen functional groups attached to an aromatic ring is 2. The number of likely N-dealkylation sites (tertiary alicyclic amines) is 1. The van der Waals surface area contributed by atoms with Crippen LogP contribution in [0.5, 0.6) is 40.5 Å². The van der Waals surface area contributed by atoms with E-state index in [1.807, 2.05) is 62.2 Å². The summed E-state index contributed by atoms with van der Waals surface area (Å²) in [6.07, 6.45) is 3.96. The van der Waals surface area contributed by atoms with E-state index in [0.29, 0.717) is 75.2 Å². The van der Waals surface area contributed by atoms with Gasteiger partial charge in [0.2, 0.25) is 11.7 Å². The molecule has 19 heteroatoms. The van der Waals surface area contributed by atoms with Crippen molar-refractivity contribution in [2.24, 2.45) is 5.92 Å². The molecular weight excluding hydrogens is 921 g/mol. The number of nitrogens with two attached hydrogens (primary N) is 2. The van der Waals surface area contributed by atoms with Crippen molar-refractivity contribution >= 4 is 51.3 Å². The van der Waals surface area contributed by atoms with Crippen LogP contribution in [0.25, 0.3) is 38.9 Å². The first kappa shape index (κ1) is 48.3. The molecule has 3 aromatic heterocycles. The number of phenolic OH excluding ortho intramolecular Hbond substituents is 2. The monoisotopic (exact) mass is 976 g/mol. The Morgan fingerprint density at radius 1 is 0.833 bits per heavy atom. The molecule has 0 saturated carbocycles. The zero-order valence-electron chi connectivity index (χ0n) is 40.8. The van der Waals surface area contributed by atoms with Gasteiger partial charge in [-0.25, -0.2) is 14.3 Å². The minimum absolute atomic E-state index is 0.0182. The first-order valence-corrected chi connectivity index (χ1v) is 23.5. The number of benzene rings is 5. The molecule has 1 aliphatic rings. The molecule has 7 N–H and O–H groups in total. The number of carbonyl (C=O) groups is 2. The first-order chi connectivity index (χ1) is 34.6. The minimum atomic E-state index is -0.709. The second kappa shape index (κ2) is 19.9. The van der Waals surface area contributed by atoms with Gasteiger partial charge < -0.3 is 55.2 Å². The maximum absolute atomic E-state index is 14.2. The van der Waals surface area contributed by atoms with Crippen LogP contribution >= 0.6 is 0 Å². The summed E-state index contributed by atoms with van der Waals surface area (Å²) in [5.74, 6) is 1.88. The number of methoxy groups -OCH3 is 3. The molecular formula is C53H56N10O9. The number of hydrogen-bond acceptors (Lipinski definition) is 15. The van der Waals surface area contributed by atoms with Crippen LogP contribution in [-0.4, -0.2) is 95.9 Å². The molecule has 0 unspecified atom stereocenters. The van der Waals surface area contributed by atoms with Crippen LogP contribution in [-0.2, 0) is 13.1 Å². The van der Waals surface area contributed by atoms with Gasteiger partial charge in [0.15, 0.2) is 17.3 Å². The quantitative estimate of drug-likeness (QED) is 0.0683. The Morgan fingerprint density at radius 2 is 1.56 bits per heavy atom. The van der Waals surface area contributed by atoms with Crippen molar-refractivity contribution < 1.29 is 43.9 Å². The van der Waals surface area contributed by atoms with Gasteiger partial charge >= 0.3 is 12.1 Å². The van der Waals surface area contributed by atoms with Crippen LogP contribution in [0.2, 0.25) is 0 Å². The largest absolute Gasteiger partial charge is 0.508 e. The van der Waals surface area contributed by atoms with Crippen molar-refractivity contribution in [1.29, 1.82) is 0 Å². The maximum atomic E-state index is 14.2. The second-order valence-electron chi connectivity index (χ2n) is 18.1. The summed E-state index contributed by atoms with van der Waals surface area (Å²) in [5, 5.41) is 41.6. The third kappa shape index (κ3) is 9.35. The fourth-order valence-corrected chi connectivity index (χ4v) is 9.51. The van der Waals surface area contributed by atoms with E-state index in [1.165, 1.54) is 36.9 Å². The number of rotatable bonds is 14. The summed E-state index contributed by atoms with van der Waals surface area (Å²) in [4.78, 5) is 39.8. The molecule has 9 rings (SSSR count). The van der Waals surface area contributed by atoms with Gasteiger partial charge in [0, 0.05) is 65.9 Å². The van der Waals surface area contributed by atoms with Gasteiger partial charge in [-0.2, -0.15) is 4.98 Å². The Bertz CT molecular complexity index is 3320. The Balaban J connectivity index is 0.840. The van der Waals surface area contributed by atoms with Gasteiger partial charge in [-0.05, 0) is 115 Å². The fraction of sp³-hybridized carbons (Fsp3) is 0.283. The average Bonchev–Trinajstić information content (AvgIpc) is 3.96. The molecule has 4 heterocycles. The van der Waals surface area contributed by atoms with Gasteiger partial charge in [-0.1, -0.05) is 25.0 Å². The van der Waals surface area contributed by atoms with E-state index in [9.17, 15) is 24.9 Å². The molecule has 1 aliphatic heterocycles. The number of piperidine rings is 1. The van der Waals surface area contributed by atoms with Crippen molar-refractivity contribution in [2.45, 2.75) is 59.0 Å². The highest BCUT2D eigenvalue weighted by Crippen LogP contribution is 2.43. The second-order valence-corrected chi connectivity index (χ2v) is 18.1. The summed E-state index contributed by atoms with van der Waals surface area (Å²) >= 11 is 0. The van der Waals surface area contributed by atoms with Gasteiger partial charge in [-0.3, -0.25) is 9.69 Å². The van der Waals surface area contributed by atoms with Crippen molar-refractivity contribution in [2.75, 3.05) is 50.8 Å². The third-order valence-corrected chi connectivity index (χ3v) is 13.4. The average molecular weight is 977 g/mol. The number of carbonyl (C=O) groups excluding carboxylic acids is 2. The lowest BCUT2D eigenvalue weighted by Gasteiger charge is -2.32. The number of phenols is 2. The van der Waals surface area contributed by atoms with Crippen LogP contribution < -0.4 is 35.3 Å². The molecule has 5 aromatic carbocycles. The van der Waals surface area contributed by atoms with Gasteiger partial charge in [0.05, 0.1) is 50.3 Å². The van der Waals surface area contributed by atoms with E-state index < -0.39 is 6.09 Å². The predicted molar refractivity (Wildman–Crippen MR) is 272 cm³/mol. The first-order valence-electron chi connectivity index (χ1n) is 23.5. The van der Waals surface area contributed by atoms with Crippen LogP contribution in [0.3, 0.4) is 0 Å². The predicted octanol–water partition coefficient (Wildman–Crippen LogP) is 8.72. The highest BCUT2D eigenvalue weighted by atomic mass is 16.6. The number of aryl methyl sites for hydroxylation is 2. The van der Waals surface area contributed by atoms with Crippen LogP contribution in [0.1, 0.15) is 66.1 Å². The van der Waals surface area contributed by atoms with Gasteiger partial charge in [-0.15, -0.1) is 5.10 Å². The van der Waals surface area contributed by atoms with E-state index >= 15 is 0 Å². The minimum Gasteiger partial charge on any atom is -0.508 e. The highest BCUT2D eigenvalue weighted by molar-refractivity contribution is 5.96. The van der Waals surface area contributed by atoms with Gasteiger partial charge in [0.25, 0.3) is 5.91 Å². The Morgan fingerprint density at radius 3 is 2.24 bits per heavy atom. The molecule has 0 radical (unpaired) electrons. The highest BCUT2D eigenvalue weighted by Gasteiger charge is 2.28. The van der Waals surface area contributed by atoms with Crippen LogP contribution in [0.4, 0.5) is 22.2 Å². The van der Waals surface area contributed by atoms with E-state index in [-0.39, 0.29) is 59.2 Å². The molecule has 0 aliphatic carbocycles. The third-order valence-electron chi connectivity index (χ3n) is 13.4. The smallest absolute Gasteiger partial charge is 0.420 e. The topological polar surface area (TPSA) is 252 Å². The van der Waals surface area contributed by atoms with Crippen LogP contribution in [0, 0.1) is 12.8 Å². The Hall–Kier alpha value is -8.74. The maximum Gasteiger partial charge on any atom is 0.420 e. The van der Waals surface area contributed by atoms with E-state index in [1.54, 1.807) is 48.5 Å². The molecule has 72 heavy (non-hydrogen) atoms. The van der Waals surface area contributed by atoms with Crippen molar-refractivity contribution in [3.05, 3.63) is 113 Å². The lowest BCUT2D eigenvalue weighted by Crippen LogP contribution is -2.38. The molecule has 8 aromatic rings. The SMILES string of the molecule is COc1cc(N(Cc2ccc3nc(N)nc(N)c3c2C)C(=O)Oc2ccc(C(=O)N3CCC(CCn4ccc5cc(-n6c(O)nnc6-c6cc(C(C)C)c(O)cc6O)ccc54)CC3)cc2)cc(OC)c1OC. The van der Waals surface area contributed by atoms with E-state index in [2.05, 4.69) is 24.7 Å². The standard InChI is InChI=1S/C53H56N10O9/c1-29(2)38-26-39(43(65)27-42(38)64)49-58-59-52(67)63(49)35-10-14-41-33(23-35)18-22-60(41)19-15-31-16-20-61(21-17-31)50(66)32-7-11-37(12-8-32)72-53(68)62(36-24-44(69-4)47(71-6)45(25-36)70-5)28-34-9-13-40-46(30(34)3)48(54)57-51(55)56-40/h7-14,18,22-27,29,31,64-65H,15-17,19-21,28H2,1-6H3,(H,59,67)(H4,54,55,56,57). The number of amides is 2. The van der Waals surface area contributed by atoms with Crippen molar-refractivity contribution in [3.8, 4) is 57.6 Å². The molecule has 1 fully saturated rings. The molecule has 19 nitrogen and oxygen atoms in total. The molecule has 1 saturated heterocycles. The molecule has 372 valence electrons. The number of nitrogens with zero attached hydrogens (tertiary/aromatic N) is 8. The zero-order valence-corrected chi connectivity index (χ0v) is 40.8. The molecule has 0 spiro atoms. The molecule has 0 atom stereocenters. The number of ether oxygens (including phenoxy) is 4.